The van der Waals surface area contributed by atoms with Gasteiger partial charge in [0.25, 0.3) is 5.22 Å². The smallest absolute Gasteiger partial charge is 0.277 e. The second-order valence-electron chi connectivity index (χ2n) is 6.36. The third kappa shape index (κ3) is 4.52. The number of nitrogens with one attached hydrogen (secondary N) is 1. The van der Waals surface area contributed by atoms with Gasteiger partial charge in [-0.2, -0.15) is 0 Å². The van der Waals surface area contributed by atoms with Crippen LogP contribution in [0.25, 0.3) is 11.5 Å². The highest BCUT2D eigenvalue weighted by Crippen LogP contribution is 2.27. The topological polar surface area (TPSA) is 68.0 Å². The second kappa shape index (κ2) is 7.74. The van der Waals surface area contributed by atoms with E-state index >= 15 is 0 Å². The van der Waals surface area contributed by atoms with E-state index in [1.165, 1.54) is 11.8 Å². The Labute approximate surface area is 157 Å². The lowest BCUT2D eigenvalue weighted by atomic mass is 10.1. The van der Waals surface area contributed by atoms with Crippen molar-refractivity contribution in [2.24, 2.45) is 0 Å². The number of thioether (sulfide) groups is 1. The van der Waals surface area contributed by atoms with Crippen molar-refractivity contribution in [1.82, 2.24) is 10.2 Å². The van der Waals surface area contributed by atoms with E-state index in [4.69, 9.17) is 4.42 Å². The molecule has 1 aromatic heterocycles. The average Bonchev–Trinajstić information content (AvgIpc) is 3.04. The molecule has 6 heteroatoms. The van der Waals surface area contributed by atoms with Crippen molar-refractivity contribution < 1.29 is 9.21 Å². The Balaban J connectivity index is 1.66. The Hall–Kier alpha value is -2.60. The molecule has 0 aliphatic carbocycles. The van der Waals surface area contributed by atoms with Gasteiger partial charge >= 0.3 is 0 Å². The van der Waals surface area contributed by atoms with Gasteiger partial charge in [0.2, 0.25) is 11.8 Å². The van der Waals surface area contributed by atoms with Crippen LogP contribution in [-0.4, -0.2) is 21.4 Å². The van der Waals surface area contributed by atoms with E-state index in [2.05, 4.69) is 21.6 Å². The monoisotopic (exact) mass is 367 g/mol. The number of nitrogens with zero attached hydrogens (tertiary/aromatic N) is 2. The van der Waals surface area contributed by atoms with Crippen LogP contribution in [0.3, 0.4) is 0 Å². The molecular weight excluding hydrogens is 346 g/mol. The zero-order valence-corrected chi connectivity index (χ0v) is 16.1. The molecule has 1 atom stereocenters. The zero-order valence-electron chi connectivity index (χ0n) is 15.2. The van der Waals surface area contributed by atoms with Gasteiger partial charge in [0.05, 0.1) is 5.25 Å². The second-order valence-corrected chi connectivity index (χ2v) is 7.66. The van der Waals surface area contributed by atoms with Crippen molar-refractivity contribution in [2.45, 2.75) is 38.2 Å². The number of rotatable bonds is 5. The van der Waals surface area contributed by atoms with Crippen molar-refractivity contribution in [1.29, 1.82) is 0 Å². The van der Waals surface area contributed by atoms with Crippen molar-refractivity contribution in [3.8, 4) is 11.5 Å². The minimum absolute atomic E-state index is 0.106. The first-order valence-corrected chi connectivity index (χ1v) is 9.25. The number of hydrogen-bond acceptors (Lipinski definition) is 5. The summed E-state index contributed by atoms with van der Waals surface area (Å²) in [5.41, 5.74) is 5.08. The third-order valence-electron chi connectivity index (χ3n) is 3.84. The number of carbonyl (C=O) groups is 1. The Kier molecular flexibility index (Phi) is 5.42. The van der Waals surface area contributed by atoms with Gasteiger partial charge in [-0.1, -0.05) is 46.7 Å². The van der Waals surface area contributed by atoms with E-state index in [1.54, 1.807) is 0 Å². The van der Waals surface area contributed by atoms with E-state index in [0.29, 0.717) is 11.1 Å². The lowest BCUT2D eigenvalue weighted by molar-refractivity contribution is -0.115. The van der Waals surface area contributed by atoms with Gasteiger partial charge in [0, 0.05) is 11.3 Å². The fourth-order valence-corrected chi connectivity index (χ4v) is 3.24. The molecule has 3 aromatic rings. The fourth-order valence-electron chi connectivity index (χ4n) is 2.56. The Morgan fingerprint density at radius 3 is 2.31 bits per heavy atom. The lowest BCUT2D eigenvalue weighted by Crippen LogP contribution is -2.22. The highest BCUT2D eigenvalue weighted by atomic mass is 32.2. The van der Waals surface area contributed by atoms with Crippen molar-refractivity contribution in [3.63, 3.8) is 0 Å². The molecule has 3 rings (SSSR count). The molecule has 0 spiro atoms. The first-order valence-electron chi connectivity index (χ1n) is 8.37. The molecule has 0 fully saturated rings. The van der Waals surface area contributed by atoms with Gasteiger partial charge in [-0.15, -0.1) is 10.2 Å². The van der Waals surface area contributed by atoms with Crippen LogP contribution in [0.5, 0.6) is 0 Å². The predicted octanol–water partition coefficient (Wildman–Crippen LogP) is 4.78. The fraction of sp³-hybridized carbons (Fsp3) is 0.250. The van der Waals surface area contributed by atoms with Gasteiger partial charge in [-0.05, 0) is 52.0 Å². The summed E-state index contributed by atoms with van der Waals surface area (Å²) in [7, 11) is 0. The van der Waals surface area contributed by atoms with Crippen LogP contribution in [0, 0.1) is 20.8 Å². The third-order valence-corrected chi connectivity index (χ3v) is 4.78. The molecule has 26 heavy (non-hydrogen) atoms. The molecule has 1 amide bonds. The van der Waals surface area contributed by atoms with E-state index in [9.17, 15) is 4.79 Å². The summed E-state index contributed by atoms with van der Waals surface area (Å²) in [6, 6.07) is 13.8. The van der Waals surface area contributed by atoms with Gasteiger partial charge in [-0.25, -0.2) is 0 Å². The number of carbonyl (C=O) groups excluding carboxylic acids is 1. The van der Waals surface area contributed by atoms with Gasteiger partial charge < -0.3 is 9.73 Å². The molecule has 0 aliphatic rings. The van der Waals surface area contributed by atoms with Gasteiger partial charge in [0.1, 0.15) is 0 Å². The van der Waals surface area contributed by atoms with Crippen LogP contribution in [0.2, 0.25) is 0 Å². The van der Waals surface area contributed by atoms with Gasteiger partial charge in [-0.3, -0.25) is 4.79 Å². The molecule has 2 aromatic carbocycles. The molecule has 0 bridgehead atoms. The number of hydrogen-bond donors (Lipinski definition) is 1. The minimum Gasteiger partial charge on any atom is -0.411 e. The van der Waals surface area contributed by atoms with Crippen molar-refractivity contribution in [3.05, 3.63) is 59.2 Å². The molecule has 0 aliphatic heterocycles. The van der Waals surface area contributed by atoms with Crippen molar-refractivity contribution >= 4 is 23.4 Å². The molecule has 134 valence electrons. The molecule has 0 saturated carbocycles. The standard InChI is InChI=1S/C20H21N3O2S/c1-12-5-7-17(8-6-12)21-18(24)15(4)26-20-23-22-19(25-20)16-10-13(2)9-14(3)11-16/h5-11,15H,1-4H3,(H,21,24)/t15-/m0/s1. The number of aryl methyl sites for hydroxylation is 3. The van der Waals surface area contributed by atoms with Gasteiger partial charge in [0.15, 0.2) is 0 Å². The summed E-state index contributed by atoms with van der Waals surface area (Å²) in [6.45, 7) is 7.88. The SMILES string of the molecule is Cc1ccc(NC(=O)[C@H](C)Sc2nnc(-c3cc(C)cc(C)c3)o2)cc1. The Morgan fingerprint density at radius 2 is 1.65 bits per heavy atom. The summed E-state index contributed by atoms with van der Waals surface area (Å²) >= 11 is 1.25. The van der Waals surface area contributed by atoms with Crippen LogP contribution in [0.1, 0.15) is 23.6 Å². The van der Waals surface area contributed by atoms with Crippen LogP contribution < -0.4 is 5.32 Å². The van der Waals surface area contributed by atoms with Crippen LogP contribution in [0.4, 0.5) is 5.69 Å². The summed E-state index contributed by atoms with van der Waals surface area (Å²) in [5.74, 6) is 0.357. The Morgan fingerprint density at radius 1 is 1.00 bits per heavy atom. The Bertz CT molecular complexity index is 899. The summed E-state index contributed by atoms with van der Waals surface area (Å²) in [4.78, 5) is 12.3. The largest absolute Gasteiger partial charge is 0.411 e. The molecule has 1 N–H and O–H groups in total. The molecule has 0 unspecified atom stereocenters. The van der Waals surface area contributed by atoms with E-state index < -0.39 is 0 Å². The van der Waals surface area contributed by atoms with Crippen LogP contribution >= 0.6 is 11.8 Å². The number of benzene rings is 2. The number of anilines is 1. The number of amides is 1. The zero-order chi connectivity index (χ0) is 18.7. The lowest BCUT2D eigenvalue weighted by Gasteiger charge is -2.10. The number of aromatic nitrogens is 2. The first-order chi connectivity index (χ1) is 12.4. The average molecular weight is 367 g/mol. The summed E-state index contributed by atoms with van der Waals surface area (Å²) < 4.78 is 5.73. The van der Waals surface area contributed by atoms with Crippen LogP contribution in [-0.2, 0) is 4.79 Å². The molecule has 1 heterocycles. The van der Waals surface area contributed by atoms with Crippen molar-refractivity contribution in [2.75, 3.05) is 5.32 Å². The molecule has 5 nitrogen and oxygen atoms in total. The minimum atomic E-state index is -0.358. The molecule has 0 saturated heterocycles. The van der Waals surface area contributed by atoms with E-state index in [1.807, 2.05) is 64.1 Å². The van der Waals surface area contributed by atoms with E-state index in [-0.39, 0.29) is 11.2 Å². The summed E-state index contributed by atoms with van der Waals surface area (Å²) in [6.07, 6.45) is 0. The highest BCUT2D eigenvalue weighted by molar-refractivity contribution is 8.00. The molecular formula is C20H21N3O2S. The first kappa shape index (κ1) is 18.2. The quantitative estimate of drug-likeness (QED) is 0.657. The molecule has 0 radical (unpaired) electrons. The summed E-state index contributed by atoms with van der Waals surface area (Å²) in [5, 5.41) is 11.1. The predicted molar refractivity (Wildman–Crippen MR) is 104 cm³/mol. The van der Waals surface area contributed by atoms with E-state index in [0.717, 1.165) is 27.9 Å². The maximum Gasteiger partial charge on any atom is 0.277 e. The normalized spacial score (nSPS) is 12.0. The maximum absolute atomic E-state index is 12.3. The van der Waals surface area contributed by atoms with Crippen LogP contribution in [0.15, 0.2) is 52.1 Å². The maximum atomic E-state index is 12.3. The highest BCUT2D eigenvalue weighted by Gasteiger charge is 2.19.